The van der Waals surface area contributed by atoms with Crippen LogP contribution in [-0.4, -0.2) is 63.1 Å². The molecule has 15 heteroatoms. The number of carbonyl (C=O) groups excluding carboxylic acids is 1. The molecule has 36 heavy (non-hydrogen) atoms. The van der Waals surface area contributed by atoms with Crippen LogP contribution < -0.4 is 14.8 Å². The fourth-order valence-corrected chi connectivity index (χ4v) is 4.48. The third-order valence-electron chi connectivity index (χ3n) is 4.90. The number of nitrogens with one attached hydrogen (secondary N) is 2. The lowest BCUT2D eigenvalue weighted by Gasteiger charge is -2.14. The molecule has 0 aliphatic heterocycles. The molecule has 3 aromatic heterocycles. The van der Waals surface area contributed by atoms with Crippen LogP contribution in [0.25, 0.3) is 16.9 Å². The standard InChI is InChI=1S/C21H21F2N7O5S/c1-12(31)9-26-36(33,34)13-4-5-17(35-21(22)23)14(8-13)18-16(11-29(2)28-18)27-20(32)15-10-25-30-7-3-6-24-19(15)30/h3-8,10-12,21,26,31H,9H2,1-2H3,(H,27,32). The number of alkyl halides is 2. The molecule has 0 aliphatic rings. The molecular weight excluding hydrogens is 500 g/mol. The number of aromatic nitrogens is 5. The maximum absolute atomic E-state index is 13.1. The van der Waals surface area contributed by atoms with Crippen molar-refractivity contribution in [2.45, 2.75) is 24.5 Å². The normalized spacial score (nSPS) is 12.7. The first-order valence-electron chi connectivity index (χ1n) is 10.5. The van der Waals surface area contributed by atoms with Gasteiger partial charge in [0.2, 0.25) is 10.0 Å². The number of rotatable bonds is 9. The number of ether oxygens (including phenoxy) is 1. The number of amides is 1. The molecule has 1 aromatic carbocycles. The van der Waals surface area contributed by atoms with E-state index in [-0.39, 0.29) is 39.7 Å². The van der Waals surface area contributed by atoms with Gasteiger partial charge in [0.1, 0.15) is 17.0 Å². The van der Waals surface area contributed by atoms with Crippen LogP contribution in [0.3, 0.4) is 0 Å². The Balaban J connectivity index is 1.75. The average Bonchev–Trinajstić information content (AvgIpc) is 3.41. The summed E-state index contributed by atoms with van der Waals surface area (Å²) in [5.41, 5.74) is 0.415. The van der Waals surface area contributed by atoms with Crippen molar-refractivity contribution >= 4 is 27.3 Å². The van der Waals surface area contributed by atoms with Gasteiger partial charge in [0.05, 0.1) is 22.9 Å². The first-order chi connectivity index (χ1) is 17.0. The number of sulfonamides is 1. The van der Waals surface area contributed by atoms with Gasteiger partial charge in [-0.2, -0.15) is 19.0 Å². The van der Waals surface area contributed by atoms with Gasteiger partial charge in [-0.1, -0.05) is 0 Å². The average molecular weight is 522 g/mol. The van der Waals surface area contributed by atoms with Crippen LogP contribution in [0.5, 0.6) is 5.75 Å². The first kappa shape index (κ1) is 25.2. The zero-order valence-corrected chi connectivity index (χ0v) is 19.8. The fraction of sp³-hybridized carbons (Fsp3) is 0.238. The van der Waals surface area contributed by atoms with Crippen molar-refractivity contribution in [3.63, 3.8) is 0 Å². The summed E-state index contributed by atoms with van der Waals surface area (Å²) in [6.45, 7) is -2.06. The molecule has 0 aliphatic carbocycles. The highest BCUT2D eigenvalue weighted by atomic mass is 32.2. The van der Waals surface area contributed by atoms with Crippen LogP contribution in [0.4, 0.5) is 14.5 Å². The highest BCUT2D eigenvalue weighted by molar-refractivity contribution is 7.89. The lowest BCUT2D eigenvalue weighted by Crippen LogP contribution is -2.30. The van der Waals surface area contributed by atoms with E-state index in [9.17, 15) is 27.1 Å². The zero-order chi connectivity index (χ0) is 26.0. The number of halogens is 2. The Morgan fingerprint density at radius 1 is 1.31 bits per heavy atom. The Labute approximate surface area is 203 Å². The van der Waals surface area contributed by atoms with E-state index in [2.05, 4.69) is 30.0 Å². The predicted octanol–water partition coefficient (Wildman–Crippen LogP) is 1.64. The number of fused-ring (bicyclic) bond motifs is 1. The van der Waals surface area contributed by atoms with Crippen molar-refractivity contribution in [1.82, 2.24) is 29.1 Å². The van der Waals surface area contributed by atoms with Crippen molar-refractivity contribution in [3.05, 3.63) is 54.6 Å². The van der Waals surface area contributed by atoms with Gasteiger partial charge in [0.25, 0.3) is 5.91 Å². The molecule has 3 N–H and O–H groups in total. The number of hydrogen-bond acceptors (Lipinski definition) is 8. The summed E-state index contributed by atoms with van der Waals surface area (Å²) in [4.78, 5) is 16.8. The maximum Gasteiger partial charge on any atom is 0.387 e. The van der Waals surface area contributed by atoms with Crippen LogP contribution in [0.1, 0.15) is 17.3 Å². The van der Waals surface area contributed by atoms with Crippen molar-refractivity contribution in [3.8, 4) is 17.0 Å². The van der Waals surface area contributed by atoms with Gasteiger partial charge in [-0.3, -0.25) is 9.48 Å². The van der Waals surface area contributed by atoms with E-state index < -0.39 is 28.6 Å². The van der Waals surface area contributed by atoms with E-state index in [1.165, 1.54) is 41.8 Å². The Morgan fingerprint density at radius 2 is 2.08 bits per heavy atom. The van der Waals surface area contributed by atoms with Crippen LogP contribution in [-0.2, 0) is 17.1 Å². The molecule has 0 spiro atoms. The molecule has 0 radical (unpaired) electrons. The molecule has 4 aromatic rings. The number of hydrogen-bond donors (Lipinski definition) is 3. The van der Waals surface area contributed by atoms with Crippen LogP contribution in [0.2, 0.25) is 0 Å². The van der Waals surface area contributed by atoms with E-state index in [4.69, 9.17) is 0 Å². The minimum Gasteiger partial charge on any atom is -0.434 e. The summed E-state index contributed by atoms with van der Waals surface area (Å²) in [7, 11) is -2.58. The number of aryl methyl sites for hydroxylation is 1. The number of aliphatic hydroxyl groups excluding tert-OH is 1. The van der Waals surface area contributed by atoms with E-state index in [1.807, 2.05) is 0 Å². The zero-order valence-electron chi connectivity index (χ0n) is 19.0. The topological polar surface area (TPSA) is 153 Å². The molecule has 12 nitrogen and oxygen atoms in total. The number of nitrogens with zero attached hydrogens (tertiary/aromatic N) is 5. The second-order valence-electron chi connectivity index (χ2n) is 7.70. The fourth-order valence-electron chi connectivity index (χ4n) is 3.33. The second-order valence-corrected chi connectivity index (χ2v) is 9.47. The smallest absolute Gasteiger partial charge is 0.387 e. The van der Waals surface area contributed by atoms with Gasteiger partial charge < -0.3 is 15.2 Å². The highest BCUT2D eigenvalue weighted by Crippen LogP contribution is 2.37. The van der Waals surface area contributed by atoms with E-state index in [0.29, 0.717) is 5.65 Å². The molecule has 0 fully saturated rings. The molecule has 0 bridgehead atoms. The molecule has 190 valence electrons. The molecule has 4 rings (SSSR count). The Hall–Kier alpha value is -3.95. The summed E-state index contributed by atoms with van der Waals surface area (Å²) in [6, 6.07) is 4.88. The predicted molar refractivity (Wildman–Crippen MR) is 123 cm³/mol. The Bertz CT molecular complexity index is 1520. The Morgan fingerprint density at radius 3 is 2.81 bits per heavy atom. The van der Waals surface area contributed by atoms with Crippen molar-refractivity contribution in [2.75, 3.05) is 11.9 Å². The molecule has 3 heterocycles. The van der Waals surface area contributed by atoms with E-state index in [1.54, 1.807) is 12.3 Å². The maximum atomic E-state index is 13.1. The molecule has 0 saturated carbocycles. The minimum atomic E-state index is -4.11. The third-order valence-corrected chi connectivity index (χ3v) is 6.32. The quantitative estimate of drug-likeness (QED) is 0.301. The van der Waals surface area contributed by atoms with Gasteiger partial charge in [-0.05, 0) is 31.2 Å². The summed E-state index contributed by atoms with van der Waals surface area (Å²) in [5.74, 6) is -0.956. The minimum absolute atomic E-state index is 0.0153. The largest absolute Gasteiger partial charge is 0.434 e. The van der Waals surface area contributed by atoms with Gasteiger partial charge in [-0.25, -0.2) is 22.6 Å². The van der Waals surface area contributed by atoms with Gasteiger partial charge in [-0.15, -0.1) is 0 Å². The van der Waals surface area contributed by atoms with E-state index >= 15 is 0 Å². The monoisotopic (exact) mass is 521 g/mol. The van der Waals surface area contributed by atoms with E-state index in [0.717, 1.165) is 18.2 Å². The number of aliphatic hydroxyl groups is 1. The summed E-state index contributed by atoms with van der Waals surface area (Å²) in [5, 5.41) is 20.3. The van der Waals surface area contributed by atoms with Crippen molar-refractivity contribution in [2.24, 2.45) is 7.05 Å². The SMILES string of the molecule is CC(O)CNS(=O)(=O)c1ccc(OC(F)F)c(-c2nn(C)cc2NC(=O)c2cnn3cccnc23)c1. The summed E-state index contributed by atoms with van der Waals surface area (Å²) < 4.78 is 61.1. The molecule has 1 unspecified atom stereocenters. The van der Waals surface area contributed by atoms with Gasteiger partial charge in [0.15, 0.2) is 5.65 Å². The van der Waals surface area contributed by atoms with Crippen LogP contribution in [0, 0.1) is 0 Å². The first-order valence-corrected chi connectivity index (χ1v) is 11.9. The molecular formula is C21H21F2N7O5S. The van der Waals surface area contributed by atoms with Crippen molar-refractivity contribution in [1.29, 1.82) is 0 Å². The van der Waals surface area contributed by atoms with Crippen molar-refractivity contribution < 1.29 is 31.8 Å². The van der Waals surface area contributed by atoms with Gasteiger partial charge in [0, 0.05) is 37.7 Å². The summed E-state index contributed by atoms with van der Waals surface area (Å²) >= 11 is 0. The second kappa shape index (κ2) is 9.96. The highest BCUT2D eigenvalue weighted by Gasteiger charge is 2.24. The molecule has 1 amide bonds. The number of carbonyl (C=O) groups is 1. The van der Waals surface area contributed by atoms with Crippen LogP contribution in [0.15, 0.2) is 53.9 Å². The number of benzene rings is 1. The van der Waals surface area contributed by atoms with Gasteiger partial charge >= 0.3 is 6.61 Å². The molecule has 0 saturated heterocycles. The van der Waals surface area contributed by atoms with Crippen LogP contribution >= 0.6 is 0 Å². The lowest BCUT2D eigenvalue weighted by molar-refractivity contribution is -0.0494. The molecule has 1 atom stereocenters. The number of anilines is 1. The third kappa shape index (κ3) is 5.32. The Kier molecular flexibility index (Phi) is 6.96. The summed E-state index contributed by atoms with van der Waals surface area (Å²) in [6.07, 6.45) is 4.90. The lowest BCUT2D eigenvalue weighted by atomic mass is 10.1.